The Morgan fingerprint density at radius 1 is 1.24 bits per heavy atom. The quantitative estimate of drug-likeness (QED) is 0.824. The predicted molar refractivity (Wildman–Crippen MR) is 79.2 cm³/mol. The van der Waals surface area contributed by atoms with Crippen LogP contribution in [0.15, 0.2) is 30.3 Å². The van der Waals surface area contributed by atoms with Gasteiger partial charge in [0.2, 0.25) is 5.91 Å². The fraction of sp³-hybridized carbons (Fsp3) is 0.562. The number of nitrogens with zero attached hydrogens (tertiary/aromatic N) is 2. The Hall–Kier alpha value is -1.59. The summed E-state index contributed by atoms with van der Waals surface area (Å²) in [6.45, 7) is 4.27. The molecule has 2 aliphatic rings. The number of benzene rings is 1. The van der Waals surface area contributed by atoms with Crippen molar-refractivity contribution >= 4 is 5.91 Å². The summed E-state index contributed by atoms with van der Waals surface area (Å²) in [5.41, 5.74) is 0. The van der Waals surface area contributed by atoms with Crippen LogP contribution in [0.4, 0.5) is 0 Å². The lowest BCUT2D eigenvalue weighted by Crippen LogP contribution is -2.44. The highest BCUT2D eigenvalue weighted by molar-refractivity contribution is 5.79. The average molecular weight is 290 g/mol. The van der Waals surface area contributed by atoms with Gasteiger partial charge in [0.15, 0.2) is 0 Å². The molecule has 2 atom stereocenters. The standard InChI is InChI=1S/C16H22N2O3/c1-17-14-10-18(9-13(16(17)19)11-20-12-14)7-8-21-15-5-3-2-4-6-15/h2-6,13-14H,7-12H2,1H3/t13-,14+/m1/s1. The number of hydrogen-bond acceptors (Lipinski definition) is 4. The van der Waals surface area contributed by atoms with Crippen LogP contribution >= 0.6 is 0 Å². The van der Waals surface area contributed by atoms with Gasteiger partial charge in [-0.25, -0.2) is 0 Å². The molecule has 2 bridgehead atoms. The van der Waals surface area contributed by atoms with E-state index in [1.165, 1.54) is 0 Å². The summed E-state index contributed by atoms with van der Waals surface area (Å²) in [4.78, 5) is 16.4. The van der Waals surface area contributed by atoms with Gasteiger partial charge in [-0.15, -0.1) is 0 Å². The summed E-state index contributed by atoms with van der Waals surface area (Å²) in [5.74, 6) is 1.06. The third kappa shape index (κ3) is 3.36. The number of ether oxygens (including phenoxy) is 2. The van der Waals surface area contributed by atoms with Crippen molar-refractivity contribution in [3.8, 4) is 5.75 Å². The summed E-state index contributed by atoms with van der Waals surface area (Å²) in [6.07, 6.45) is 0. The molecule has 114 valence electrons. The Bertz CT molecular complexity index is 480. The van der Waals surface area contributed by atoms with Crippen molar-refractivity contribution in [1.29, 1.82) is 0 Å². The zero-order valence-corrected chi connectivity index (χ0v) is 12.4. The van der Waals surface area contributed by atoms with Crippen LogP contribution in [0.5, 0.6) is 5.75 Å². The zero-order valence-electron chi connectivity index (χ0n) is 12.4. The molecule has 21 heavy (non-hydrogen) atoms. The molecule has 3 rings (SSSR count). The van der Waals surface area contributed by atoms with Gasteiger partial charge in [-0.2, -0.15) is 0 Å². The van der Waals surface area contributed by atoms with Crippen LogP contribution in [0.1, 0.15) is 0 Å². The van der Waals surface area contributed by atoms with E-state index < -0.39 is 0 Å². The summed E-state index contributed by atoms with van der Waals surface area (Å²) < 4.78 is 11.4. The van der Waals surface area contributed by atoms with E-state index in [1.54, 1.807) is 0 Å². The molecule has 2 fully saturated rings. The van der Waals surface area contributed by atoms with Crippen LogP contribution in [0.3, 0.4) is 0 Å². The molecule has 0 radical (unpaired) electrons. The molecule has 0 N–H and O–H groups in total. The number of carbonyl (C=O) groups excluding carboxylic acids is 1. The second kappa shape index (κ2) is 6.45. The molecule has 0 unspecified atom stereocenters. The average Bonchev–Trinajstić information content (AvgIpc) is 2.67. The topological polar surface area (TPSA) is 42.0 Å². The molecule has 0 aromatic heterocycles. The normalized spacial score (nSPS) is 26.5. The molecule has 0 saturated carbocycles. The zero-order chi connectivity index (χ0) is 14.7. The molecule has 2 saturated heterocycles. The molecule has 0 aliphatic carbocycles. The van der Waals surface area contributed by atoms with E-state index in [2.05, 4.69) is 4.90 Å². The second-order valence-corrected chi connectivity index (χ2v) is 5.76. The third-order valence-electron chi connectivity index (χ3n) is 4.24. The first-order chi connectivity index (χ1) is 10.2. The maximum atomic E-state index is 12.3. The van der Waals surface area contributed by atoms with E-state index in [-0.39, 0.29) is 17.9 Å². The van der Waals surface area contributed by atoms with E-state index in [0.29, 0.717) is 19.8 Å². The van der Waals surface area contributed by atoms with Crippen molar-refractivity contribution in [2.24, 2.45) is 5.92 Å². The van der Waals surface area contributed by atoms with Gasteiger partial charge in [-0.1, -0.05) is 18.2 Å². The van der Waals surface area contributed by atoms with Crippen molar-refractivity contribution in [3.05, 3.63) is 30.3 Å². The van der Waals surface area contributed by atoms with Crippen LogP contribution in [0, 0.1) is 5.92 Å². The summed E-state index contributed by atoms with van der Waals surface area (Å²) in [5, 5.41) is 0. The maximum absolute atomic E-state index is 12.3. The Morgan fingerprint density at radius 3 is 2.86 bits per heavy atom. The molecule has 1 aromatic rings. The van der Waals surface area contributed by atoms with Crippen LogP contribution in [0.2, 0.25) is 0 Å². The molecule has 1 amide bonds. The van der Waals surface area contributed by atoms with Gasteiger partial charge in [-0.3, -0.25) is 9.69 Å². The van der Waals surface area contributed by atoms with Gasteiger partial charge in [0.05, 0.1) is 25.2 Å². The molecule has 0 spiro atoms. The Balaban J connectivity index is 1.56. The fourth-order valence-corrected chi connectivity index (χ4v) is 2.98. The number of amides is 1. The van der Waals surface area contributed by atoms with Crippen LogP contribution in [-0.4, -0.2) is 68.3 Å². The number of likely N-dealkylation sites (N-methyl/N-ethyl adjacent to an activating group) is 1. The predicted octanol–water partition coefficient (Wildman–Crippen LogP) is 0.854. The van der Waals surface area contributed by atoms with Crippen molar-refractivity contribution in [3.63, 3.8) is 0 Å². The van der Waals surface area contributed by atoms with Gasteiger partial charge in [-0.05, 0) is 12.1 Å². The molecular formula is C16H22N2O3. The van der Waals surface area contributed by atoms with Crippen LogP contribution < -0.4 is 4.74 Å². The highest BCUT2D eigenvalue weighted by atomic mass is 16.5. The summed E-state index contributed by atoms with van der Waals surface area (Å²) in [6, 6.07) is 9.99. The van der Waals surface area contributed by atoms with Gasteiger partial charge < -0.3 is 14.4 Å². The SMILES string of the molecule is CN1C(=O)[C@H]2COC[C@@H]1CN(CCOc1ccccc1)C2. The fourth-order valence-electron chi connectivity index (χ4n) is 2.98. The largest absolute Gasteiger partial charge is 0.492 e. The molecule has 5 heteroatoms. The first-order valence-electron chi connectivity index (χ1n) is 7.48. The molecular weight excluding hydrogens is 268 g/mol. The first kappa shape index (κ1) is 14.4. The Morgan fingerprint density at radius 2 is 2.05 bits per heavy atom. The number of fused-ring (bicyclic) bond motifs is 3. The third-order valence-corrected chi connectivity index (χ3v) is 4.24. The maximum Gasteiger partial charge on any atom is 0.229 e. The van der Waals surface area contributed by atoms with Crippen LogP contribution in [0.25, 0.3) is 0 Å². The summed E-state index contributed by atoms with van der Waals surface area (Å²) >= 11 is 0. The van der Waals surface area contributed by atoms with Crippen molar-refractivity contribution in [1.82, 2.24) is 9.80 Å². The van der Waals surface area contributed by atoms with Crippen molar-refractivity contribution < 1.29 is 14.3 Å². The van der Waals surface area contributed by atoms with E-state index in [4.69, 9.17) is 9.47 Å². The van der Waals surface area contributed by atoms with Crippen LogP contribution in [-0.2, 0) is 9.53 Å². The monoisotopic (exact) mass is 290 g/mol. The number of hydrogen-bond donors (Lipinski definition) is 0. The lowest BCUT2D eigenvalue weighted by molar-refractivity contribution is -0.133. The highest BCUT2D eigenvalue weighted by Gasteiger charge is 2.36. The molecule has 2 heterocycles. The van der Waals surface area contributed by atoms with E-state index in [9.17, 15) is 4.79 Å². The molecule has 2 aliphatic heterocycles. The number of rotatable bonds is 4. The first-order valence-corrected chi connectivity index (χ1v) is 7.48. The van der Waals surface area contributed by atoms with Gasteiger partial charge in [0.1, 0.15) is 12.4 Å². The minimum absolute atomic E-state index is 0.0424. The second-order valence-electron chi connectivity index (χ2n) is 5.76. The van der Waals surface area contributed by atoms with E-state index in [1.807, 2.05) is 42.3 Å². The van der Waals surface area contributed by atoms with E-state index in [0.717, 1.165) is 25.4 Å². The van der Waals surface area contributed by atoms with Gasteiger partial charge >= 0.3 is 0 Å². The molecule has 5 nitrogen and oxygen atoms in total. The minimum atomic E-state index is -0.0424. The Kier molecular flexibility index (Phi) is 4.41. The summed E-state index contributed by atoms with van der Waals surface area (Å²) in [7, 11) is 1.89. The van der Waals surface area contributed by atoms with Gasteiger partial charge in [0.25, 0.3) is 0 Å². The smallest absolute Gasteiger partial charge is 0.229 e. The highest BCUT2D eigenvalue weighted by Crippen LogP contribution is 2.19. The van der Waals surface area contributed by atoms with Crippen molar-refractivity contribution in [2.45, 2.75) is 6.04 Å². The minimum Gasteiger partial charge on any atom is -0.492 e. The van der Waals surface area contributed by atoms with Crippen molar-refractivity contribution in [2.75, 3.05) is 46.5 Å². The number of carbonyl (C=O) groups is 1. The molecule has 1 aromatic carbocycles. The lowest BCUT2D eigenvalue weighted by atomic mass is 10.1. The Labute approximate surface area is 125 Å². The number of para-hydroxylation sites is 1. The van der Waals surface area contributed by atoms with E-state index >= 15 is 0 Å². The lowest BCUT2D eigenvalue weighted by Gasteiger charge is -2.29. The van der Waals surface area contributed by atoms with Gasteiger partial charge in [0, 0.05) is 26.7 Å².